The van der Waals surface area contributed by atoms with Crippen molar-refractivity contribution in [2.24, 2.45) is 0 Å². The van der Waals surface area contributed by atoms with Crippen molar-refractivity contribution in [3.05, 3.63) is 130 Å². The van der Waals surface area contributed by atoms with Crippen LogP contribution in [0.5, 0.6) is 0 Å². The molecular formula is C26H21PTe. The van der Waals surface area contributed by atoms with Crippen molar-refractivity contribution >= 4 is 49.1 Å². The van der Waals surface area contributed by atoms with Gasteiger partial charge in [0.2, 0.25) is 0 Å². The van der Waals surface area contributed by atoms with E-state index in [9.17, 15) is 0 Å². The first-order valence-electron chi connectivity index (χ1n) is 9.30. The van der Waals surface area contributed by atoms with Crippen molar-refractivity contribution < 1.29 is 0 Å². The third-order valence-corrected chi connectivity index (χ3v) is 11.1. The Balaban J connectivity index is 1.84. The number of benzene rings is 4. The van der Waals surface area contributed by atoms with E-state index in [-0.39, 0.29) is 0 Å². The van der Waals surface area contributed by atoms with Gasteiger partial charge in [-0.05, 0) is 0 Å². The van der Waals surface area contributed by atoms with Gasteiger partial charge in [-0.1, -0.05) is 0 Å². The Morgan fingerprint density at radius 2 is 0.964 bits per heavy atom. The van der Waals surface area contributed by atoms with E-state index in [0.717, 1.165) is 0 Å². The molecule has 0 saturated carbocycles. The molecule has 0 aliphatic heterocycles. The van der Waals surface area contributed by atoms with Crippen LogP contribution in [0, 0.1) is 0 Å². The molecule has 136 valence electrons. The van der Waals surface area contributed by atoms with Crippen molar-refractivity contribution in [2.45, 2.75) is 0 Å². The molecule has 0 saturated heterocycles. The summed E-state index contributed by atoms with van der Waals surface area (Å²) in [5.41, 5.74) is 1.29. The summed E-state index contributed by atoms with van der Waals surface area (Å²) in [4.78, 5) is 0. The molecule has 4 aromatic rings. The van der Waals surface area contributed by atoms with E-state index in [1.54, 1.807) is 3.36 Å². The molecule has 4 aromatic carbocycles. The molecule has 0 unspecified atom stereocenters. The average molecular weight is 492 g/mol. The van der Waals surface area contributed by atoms with E-state index in [1.807, 2.05) is 0 Å². The van der Waals surface area contributed by atoms with Gasteiger partial charge in [0.15, 0.2) is 0 Å². The van der Waals surface area contributed by atoms with Crippen LogP contribution in [0.2, 0.25) is 0 Å². The van der Waals surface area contributed by atoms with Gasteiger partial charge in [-0.25, -0.2) is 0 Å². The quantitative estimate of drug-likeness (QED) is 0.258. The summed E-state index contributed by atoms with van der Waals surface area (Å²) >= 11 is -0.488. The van der Waals surface area contributed by atoms with Crippen molar-refractivity contribution in [1.82, 2.24) is 0 Å². The van der Waals surface area contributed by atoms with Gasteiger partial charge in [0.25, 0.3) is 0 Å². The Labute approximate surface area is 178 Å². The van der Waals surface area contributed by atoms with Crippen LogP contribution in [0.25, 0.3) is 6.08 Å². The van der Waals surface area contributed by atoms with Crippen LogP contribution < -0.4 is 14.2 Å². The summed E-state index contributed by atoms with van der Waals surface area (Å²) < 4.78 is 3.07. The van der Waals surface area contributed by atoms with Crippen molar-refractivity contribution in [1.29, 1.82) is 0 Å². The summed E-state index contributed by atoms with van der Waals surface area (Å²) in [6.45, 7) is 0. The fourth-order valence-corrected chi connectivity index (χ4v) is 10.5. The Bertz CT molecular complexity index is 974. The van der Waals surface area contributed by atoms with E-state index in [0.29, 0.717) is 0 Å². The first-order valence-corrected chi connectivity index (χ1v) is 13.0. The molecule has 4 rings (SSSR count). The molecule has 28 heavy (non-hydrogen) atoms. The van der Waals surface area contributed by atoms with Gasteiger partial charge in [-0.2, -0.15) is 0 Å². The van der Waals surface area contributed by atoms with Gasteiger partial charge in [-0.3, -0.25) is 0 Å². The zero-order valence-corrected chi connectivity index (χ0v) is 18.7. The summed E-state index contributed by atoms with van der Waals surface area (Å²) in [7, 11) is -0.543. The van der Waals surface area contributed by atoms with Crippen LogP contribution in [0.4, 0.5) is 0 Å². The van der Waals surface area contributed by atoms with Crippen LogP contribution in [0.1, 0.15) is 5.56 Å². The number of hydrogen-bond donors (Lipinski definition) is 0. The van der Waals surface area contributed by atoms with Gasteiger partial charge in [-0.15, -0.1) is 0 Å². The molecule has 0 fully saturated rings. The fourth-order valence-electron chi connectivity index (χ4n) is 3.00. The molecule has 0 aliphatic carbocycles. The van der Waals surface area contributed by atoms with Crippen LogP contribution in [0.15, 0.2) is 125 Å². The minimum absolute atomic E-state index is 0.488. The second-order valence-corrected chi connectivity index (χ2v) is 12.6. The maximum absolute atomic E-state index is 2.45. The zero-order valence-electron chi connectivity index (χ0n) is 15.5. The molecule has 2 heteroatoms. The molecule has 0 N–H and O–H groups in total. The second kappa shape index (κ2) is 9.86. The Kier molecular flexibility index (Phi) is 6.75. The fraction of sp³-hybridized carbons (Fsp3) is 0. The average Bonchev–Trinajstić information content (AvgIpc) is 2.77. The molecule has 0 aliphatic rings. The van der Waals surface area contributed by atoms with Crippen LogP contribution in [0.3, 0.4) is 0 Å². The molecular weight excluding hydrogens is 471 g/mol. The first-order chi connectivity index (χ1) is 13.9. The molecule has 0 atom stereocenters. The van der Waals surface area contributed by atoms with Gasteiger partial charge < -0.3 is 0 Å². The van der Waals surface area contributed by atoms with E-state index < -0.39 is 28.8 Å². The van der Waals surface area contributed by atoms with Crippen LogP contribution in [-0.2, 0) is 0 Å². The van der Waals surface area contributed by atoms with Crippen LogP contribution in [-0.4, -0.2) is 20.9 Å². The normalized spacial score (nSPS) is 11.5. The summed E-state index contributed by atoms with van der Waals surface area (Å²) in [5.74, 6) is 0. The zero-order chi connectivity index (χ0) is 19.0. The second-order valence-electron chi connectivity index (χ2n) is 6.31. The van der Waals surface area contributed by atoms with Crippen LogP contribution >= 0.6 is 7.92 Å². The van der Waals surface area contributed by atoms with Crippen molar-refractivity contribution in [3.8, 4) is 0 Å². The Hall–Kier alpha value is -2.16. The number of hydrogen-bond acceptors (Lipinski definition) is 0. The SMILES string of the molecule is C(=C(/[Te]c1ccccc1)P(c1ccccc1)c1ccccc1)/c1ccccc1. The summed E-state index contributed by atoms with van der Waals surface area (Å²) in [6.07, 6.45) is 2.45. The minimum atomic E-state index is -0.543. The van der Waals surface area contributed by atoms with E-state index in [4.69, 9.17) is 0 Å². The predicted octanol–water partition coefficient (Wildman–Crippen LogP) is 5.15. The van der Waals surface area contributed by atoms with Gasteiger partial charge in [0.1, 0.15) is 0 Å². The van der Waals surface area contributed by atoms with E-state index in [1.165, 1.54) is 19.8 Å². The number of rotatable bonds is 6. The molecule has 0 radical (unpaired) electrons. The van der Waals surface area contributed by atoms with Crippen molar-refractivity contribution in [2.75, 3.05) is 0 Å². The Morgan fingerprint density at radius 3 is 1.46 bits per heavy atom. The molecule has 0 bridgehead atoms. The van der Waals surface area contributed by atoms with Gasteiger partial charge >= 0.3 is 179 Å². The molecule has 0 heterocycles. The first kappa shape index (κ1) is 19.2. The monoisotopic (exact) mass is 494 g/mol. The molecule has 0 aromatic heterocycles. The van der Waals surface area contributed by atoms with Crippen molar-refractivity contribution in [3.63, 3.8) is 0 Å². The van der Waals surface area contributed by atoms with E-state index >= 15 is 0 Å². The summed E-state index contributed by atoms with van der Waals surface area (Å²) in [6, 6.07) is 43.8. The van der Waals surface area contributed by atoms with Gasteiger partial charge in [0.05, 0.1) is 0 Å². The van der Waals surface area contributed by atoms with Gasteiger partial charge in [0, 0.05) is 0 Å². The standard InChI is InChI=1S/C26H21PTe/c1-5-13-22(14-6-1)21-26(28-25-19-11-4-12-20-25)27(23-15-7-2-8-16-23)24-17-9-3-10-18-24/h1-21H/b26-21-. The molecule has 0 spiro atoms. The van der Waals surface area contributed by atoms with E-state index in [2.05, 4.69) is 127 Å². The third-order valence-electron chi connectivity index (χ3n) is 4.30. The predicted molar refractivity (Wildman–Crippen MR) is 125 cm³/mol. The topological polar surface area (TPSA) is 0 Å². The summed E-state index contributed by atoms with van der Waals surface area (Å²) in [5, 5.41) is 2.85. The maximum atomic E-state index is 2.45. The molecule has 0 amide bonds. The third kappa shape index (κ3) is 5.01. The Morgan fingerprint density at radius 1 is 0.536 bits per heavy atom. The molecule has 0 nitrogen and oxygen atoms in total.